The van der Waals surface area contributed by atoms with E-state index in [0.717, 1.165) is 0 Å². The predicted octanol–water partition coefficient (Wildman–Crippen LogP) is -2.48. The summed E-state index contributed by atoms with van der Waals surface area (Å²) >= 11 is 0. The number of carboxylic acids is 3. The van der Waals surface area contributed by atoms with E-state index in [1.807, 2.05) is 0 Å². The molecule has 9 nitrogen and oxygen atoms in total. The lowest BCUT2D eigenvalue weighted by Crippen LogP contribution is -2.39. The Morgan fingerprint density at radius 1 is 1.12 bits per heavy atom. The molecule has 0 aromatic carbocycles. The maximum Gasteiger partial charge on any atom is 0.323 e. The lowest BCUT2D eigenvalue weighted by molar-refractivity contribution is -0.141. The van der Waals surface area contributed by atoms with E-state index in [1.165, 1.54) is 6.92 Å². The van der Waals surface area contributed by atoms with Crippen molar-refractivity contribution in [2.75, 3.05) is 13.1 Å². The first-order valence-corrected chi connectivity index (χ1v) is 4.49. The third-order valence-corrected chi connectivity index (χ3v) is 1.36. The minimum Gasteiger partial charge on any atom is -0.480 e. The molecule has 0 aliphatic rings. The van der Waals surface area contributed by atoms with Gasteiger partial charge in [-0.1, -0.05) is 0 Å². The Hall–Kier alpha value is -1.71. The van der Waals surface area contributed by atoms with Gasteiger partial charge in [-0.25, -0.2) is 0 Å². The summed E-state index contributed by atoms with van der Waals surface area (Å²) in [6.07, 6.45) is -0.979. The van der Waals surface area contributed by atoms with Crippen molar-refractivity contribution in [3.05, 3.63) is 0 Å². The molecule has 0 saturated carbocycles. The Morgan fingerprint density at radius 3 is 1.59 bits per heavy atom. The van der Waals surface area contributed by atoms with Crippen molar-refractivity contribution < 1.29 is 34.8 Å². The maximum absolute atomic E-state index is 9.86. The van der Waals surface area contributed by atoms with Crippen LogP contribution in [0.4, 0.5) is 0 Å². The maximum atomic E-state index is 9.86. The van der Waals surface area contributed by atoms with Gasteiger partial charge in [-0.15, -0.1) is 0 Å². The van der Waals surface area contributed by atoms with Gasteiger partial charge in [0.1, 0.15) is 6.04 Å². The molecule has 0 radical (unpaired) electrons. The highest BCUT2D eigenvalue weighted by Crippen LogP contribution is 1.85. The highest BCUT2D eigenvalue weighted by atomic mass is 16.4. The molecule has 0 spiro atoms. The van der Waals surface area contributed by atoms with Crippen molar-refractivity contribution in [3.63, 3.8) is 0 Å². The van der Waals surface area contributed by atoms with Crippen LogP contribution in [0.25, 0.3) is 0 Å². The average Bonchev–Trinajstić information content (AvgIpc) is 2.15. The van der Waals surface area contributed by atoms with Gasteiger partial charge in [-0.05, 0) is 6.92 Å². The number of nitrogens with two attached hydrogens (primary N) is 1. The van der Waals surface area contributed by atoms with Gasteiger partial charge in [0.2, 0.25) is 0 Å². The van der Waals surface area contributed by atoms with Crippen LogP contribution in [-0.4, -0.2) is 63.6 Å². The van der Waals surface area contributed by atoms with Crippen LogP contribution in [0.3, 0.4) is 0 Å². The second-order valence-electron chi connectivity index (χ2n) is 3.00. The van der Waals surface area contributed by atoms with E-state index < -0.39 is 30.1 Å². The molecule has 0 aromatic heterocycles. The van der Waals surface area contributed by atoms with E-state index in [1.54, 1.807) is 0 Å². The van der Waals surface area contributed by atoms with Crippen LogP contribution in [0.5, 0.6) is 0 Å². The van der Waals surface area contributed by atoms with Crippen LogP contribution in [0.1, 0.15) is 6.92 Å². The molecule has 0 amide bonds. The van der Waals surface area contributed by atoms with Crippen LogP contribution in [0, 0.1) is 0 Å². The molecular weight excluding hydrogens is 236 g/mol. The minimum absolute atomic E-state index is 0.313. The smallest absolute Gasteiger partial charge is 0.323 e. The zero-order valence-electron chi connectivity index (χ0n) is 9.16. The van der Waals surface area contributed by atoms with Crippen LogP contribution >= 0.6 is 0 Å². The summed E-state index contributed by atoms with van der Waals surface area (Å²) in [5.41, 5.74) is 4.91. The largest absolute Gasteiger partial charge is 0.480 e. The van der Waals surface area contributed by atoms with Crippen molar-refractivity contribution in [1.82, 2.24) is 5.32 Å². The van der Waals surface area contributed by atoms with E-state index in [9.17, 15) is 14.4 Å². The highest BCUT2D eigenvalue weighted by Gasteiger charge is 2.16. The average molecular weight is 252 g/mol. The summed E-state index contributed by atoms with van der Waals surface area (Å²) in [5, 5.41) is 34.7. The number of aliphatic hydroxyl groups is 1. The summed E-state index contributed by atoms with van der Waals surface area (Å²) in [6.45, 7) is 0.706. The van der Waals surface area contributed by atoms with Crippen molar-refractivity contribution in [2.45, 2.75) is 19.1 Å². The zero-order valence-corrected chi connectivity index (χ0v) is 9.16. The number of rotatable bonds is 6. The van der Waals surface area contributed by atoms with Crippen molar-refractivity contribution in [1.29, 1.82) is 0 Å². The third kappa shape index (κ3) is 14.3. The van der Waals surface area contributed by atoms with Gasteiger partial charge < -0.3 is 26.2 Å². The van der Waals surface area contributed by atoms with Gasteiger partial charge in [-0.2, -0.15) is 0 Å². The van der Waals surface area contributed by atoms with Gasteiger partial charge in [0.15, 0.2) is 0 Å². The van der Waals surface area contributed by atoms with Crippen LogP contribution in [0.2, 0.25) is 0 Å². The number of aliphatic carboxylic acids is 3. The zero-order chi connectivity index (χ0) is 14.0. The quantitative estimate of drug-likeness (QED) is 0.299. The molecule has 0 unspecified atom stereocenters. The first-order chi connectivity index (χ1) is 7.68. The number of nitrogens with one attached hydrogen (secondary N) is 1. The monoisotopic (exact) mass is 252 g/mol. The summed E-state index contributed by atoms with van der Waals surface area (Å²) in [6, 6.07) is -1.16. The molecule has 0 heterocycles. The first kappa shape index (κ1) is 17.7. The van der Waals surface area contributed by atoms with Crippen molar-refractivity contribution >= 4 is 17.9 Å². The fraction of sp³-hybridized carbons (Fsp3) is 0.625. The molecule has 0 aliphatic heterocycles. The molecular formula is C8H16N2O7. The predicted molar refractivity (Wildman–Crippen MR) is 55.4 cm³/mol. The minimum atomic E-state index is -1.18. The summed E-state index contributed by atoms with van der Waals surface area (Å²) in [7, 11) is 0. The van der Waals surface area contributed by atoms with Gasteiger partial charge in [0.25, 0.3) is 0 Å². The van der Waals surface area contributed by atoms with E-state index in [2.05, 4.69) is 5.32 Å². The fourth-order valence-corrected chi connectivity index (χ4v) is 0.483. The molecule has 0 fully saturated rings. The standard InChI is InChI=1S/C4H7NO4.C4H9NO3/c6-3(7)1-5-2-4(8)9;1-2(6)3(5)4(7)8/h5H,1-2H2,(H,6,7)(H,8,9);2-3,6H,5H2,1H3,(H,7,8)/t;2-,3+/m.1/s1. The lowest BCUT2D eigenvalue weighted by Gasteiger charge is -2.06. The number of carboxylic acid groups (broad SMARTS) is 3. The van der Waals surface area contributed by atoms with Gasteiger partial charge in [0, 0.05) is 0 Å². The van der Waals surface area contributed by atoms with Gasteiger partial charge in [-0.3, -0.25) is 19.7 Å². The molecule has 0 saturated heterocycles. The Morgan fingerprint density at radius 2 is 1.47 bits per heavy atom. The van der Waals surface area contributed by atoms with Crippen molar-refractivity contribution in [2.24, 2.45) is 5.73 Å². The van der Waals surface area contributed by atoms with Crippen LogP contribution in [-0.2, 0) is 14.4 Å². The molecule has 0 aromatic rings. The highest BCUT2D eigenvalue weighted by molar-refractivity contribution is 5.73. The molecule has 17 heavy (non-hydrogen) atoms. The molecule has 9 heteroatoms. The van der Waals surface area contributed by atoms with Gasteiger partial charge >= 0.3 is 17.9 Å². The fourth-order valence-electron chi connectivity index (χ4n) is 0.483. The molecule has 7 N–H and O–H groups in total. The van der Waals surface area contributed by atoms with E-state index in [4.69, 9.17) is 26.2 Å². The van der Waals surface area contributed by atoms with E-state index in [0.29, 0.717) is 0 Å². The molecule has 0 rings (SSSR count). The van der Waals surface area contributed by atoms with E-state index >= 15 is 0 Å². The third-order valence-electron chi connectivity index (χ3n) is 1.36. The Balaban J connectivity index is 0. The van der Waals surface area contributed by atoms with Crippen molar-refractivity contribution in [3.8, 4) is 0 Å². The SMILES string of the molecule is C[C@@H](O)[C@H](N)C(=O)O.O=C(O)CNCC(=O)O. The summed E-state index contributed by atoms with van der Waals surface area (Å²) < 4.78 is 0. The number of hydrogen-bond acceptors (Lipinski definition) is 6. The summed E-state index contributed by atoms with van der Waals surface area (Å²) in [4.78, 5) is 29.3. The first-order valence-electron chi connectivity index (χ1n) is 4.49. The number of hydrogen-bond donors (Lipinski definition) is 6. The second-order valence-corrected chi connectivity index (χ2v) is 3.00. The Kier molecular flexibility index (Phi) is 9.89. The number of carbonyl (C=O) groups is 3. The molecule has 0 bridgehead atoms. The Bertz CT molecular complexity index is 253. The van der Waals surface area contributed by atoms with E-state index in [-0.39, 0.29) is 13.1 Å². The molecule has 2 atom stereocenters. The molecule has 100 valence electrons. The number of aliphatic hydroxyl groups excluding tert-OH is 1. The topological polar surface area (TPSA) is 170 Å². The lowest BCUT2D eigenvalue weighted by atomic mass is 10.2. The van der Waals surface area contributed by atoms with Crippen LogP contribution < -0.4 is 11.1 Å². The molecule has 0 aliphatic carbocycles. The normalized spacial score (nSPS) is 12.9. The van der Waals surface area contributed by atoms with Gasteiger partial charge in [0.05, 0.1) is 19.2 Å². The Labute approximate surface area is 96.9 Å². The second kappa shape index (κ2) is 9.51. The summed E-state index contributed by atoms with van der Waals surface area (Å²) in [5.74, 6) is -3.30. The van der Waals surface area contributed by atoms with Crippen LogP contribution in [0.15, 0.2) is 0 Å².